The molecule has 0 spiro atoms. The molecule has 0 aliphatic carbocycles. The van der Waals surface area contributed by atoms with Crippen LogP contribution in [-0.2, 0) is 14.3 Å². The molecule has 2 aliphatic heterocycles. The summed E-state index contributed by atoms with van der Waals surface area (Å²) in [7, 11) is 0. The number of imide groups is 1. The lowest BCUT2D eigenvalue weighted by Crippen LogP contribution is -2.46. The van der Waals surface area contributed by atoms with Crippen LogP contribution in [0.25, 0.3) is 0 Å². The molecule has 1 saturated heterocycles. The first-order valence-corrected chi connectivity index (χ1v) is 9.12. The van der Waals surface area contributed by atoms with Gasteiger partial charge in [0.2, 0.25) is 0 Å². The molecule has 28 heavy (non-hydrogen) atoms. The number of fused-ring (bicyclic) bond motifs is 1. The highest BCUT2D eigenvalue weighted by Crippen LogP contribution is 2.31. The van der Waals surface area contributed by atoms with Gasteiger partial charge < -0.3 is 19.5 Å². The number of benzene rings is 1. The number of nitrogens with zero attached hydrogens (tertiary/aromatic N) is 1. The number of ether oxygens (including phenoxy) is 3. The predicted molar refractivity (Wildman–Crippen MR) is 96.3 cm³/mol. The number of nitrogens with one attached hydrogen (secondary N) is 1. The molecule has 3 amide bonds. The molecule has 0 atom stereocenters. The Morgan fingerprint density at radius 2 is 1.82 bits per heavy atom. The first-order chi connectivity index (χ1) is 13.4. The molecule has 3 rings (SSSR count). The topological polar surface area (TPSA) is 111 Å². The number of esters is 1. The lowest BCUT2D eigenvalue weighted by atomic mass is 9.93. The van der Waals surface area contributed by atoms with Crippen LogP contribution < -0.4 is 14.8 Å². The fourth-order valence-corrected chi connectivity index (χ4v) is 3.17. The zero-order valence-electron chi connectivity index (χ0n) is 15.8. The van der Waals surface area contributed by atoms with Gasteiger partial charge >= 0.3 is 12.0 Å². The van der Waals surface area contributed by atoms with Crippen LogP contribution in [0, 0.1) is 0 Å². The smallest absolute Gasteiger partial charge is 0.326 e. The number of rotatable bonds is 7. The molecular formula is C19H22N2O7. The molecule has 1 aromatic rings. The van der Waals surface area contributed by atoms with E-state index in [1.807, 2.05) is 0 Å². The quantitative estimate of drug-likeness (QED) is 0.424. The number of carbonyl (C=O) groups is 4. The molecule has 0 radical (unpaired) electrons. The van der Waals surface area contributed by atoms with Crippen LogP contribution >= 0.6 is 0 Å². The van der Waals surface area contributed by atoms with Crippen molar-refractivity contribution in [2.45, 2.75) is 32.2 Å². The summed E-state index contributed by atoms with van der Waals surface area (Å²) >= 11 is 0. The Balaban J connectivity index is 1.56. The average Bonchev–Trinajstić information content (AvgIpc) is 2.96. The van der Waals surface area contributed by atoms with E-state index in [9.17, 15) is 19.2 Å². The number of hydrogen-bond donors (Lipinski definition) is 1. The number of carbonyl (C=O) groups excluding carboxylic acids is 4. The fraction of sp³-hybridized carbons (Fsp3) is 0.474. The summed E-state index contributed by atoms with van der Waals surface area (Å²) in [5.74, 6) is -0.721. The molecule has 9 nitrogen and oxygen atoms in total. The van der Waals surface area contributed by atoms with Crippen molar-refractivity contribution < 1.29 is 33.4 Å². The van der Waals surface area contributed by atoms with Gasteiger partial charge in [-0.3, -0.25) is 19.3 Å². The van der Waals surface area contributed by atoms with Gasteiger partial charge in [-0.2, -0.15) is 0 Å². The predicted octanol–water partition coefficient (Wildman–Crippen LogP) is 1.29. The highest BCUT2D eigenvalue weighted by atomic mass is 16.6. The van der Waals surface area contributed by atoms with E-state index in [1.165, 1.54) is 6.07 Å². The largest absolute Gasteiger partial charge is 0.486 e. The standard InChI is InChI=1S/C19H22N2O7/c1-3-19(4-2)17(24)21(18(25)20-19)10-16(23)28-11-13(22)12-5-6-14-15(9-12)27-8-7-26-14/h5-6,9H,3-4,7-8,10-11H2,1-2H3,(H,20,25). The van der Waals surface area contributed by atoms with Gasteiger partial charge in [0, 0.05) is 5.56 Å². The Labute approximate surface area is 161 Å². The zero-order valence-corrected chi connectivity index (χ0v) is 15.8. The maximum absolute atomic E-state index is 12.5. The van der Waals surface area contributed by atoms with Gasteiger partial charge in [0.05, 0.1) is 0 Å². The van der Waals surface area contributed by atoms with Crippen molar-refractivity contribution in [3.05, 3.63) is 23.8 Å². The number of hydrogen-bond acceptors (Lipinski definition) is 7. The average molecular weight is 390 g/mol. The Bertz CT molecular complexity index is 817. The van der Waals surface area contributed by atoms with Gasteiger partial charge in [0.1, 0.15) is 25.3 Å². The van der Waals surface area contributed by atoms with E-state index in [1.54, 1.807) is 26.0 Å². The van der Waals surface area contributed by atoms with Crippen molar-refractivity contribution in [2.75, 3.05) is 26.4 Å². The third kappa shape index (κ3) is 3.64. The number of Topliss-reactive ketones (excluding diaryl/α,β-unsaturated/α-hetero) is 1. The molecule has 1 fully saturated rings. The summed E-state index contributed by atoms with van der Waals surface area (Å²) in [6.45, 7) is 3.36. The molecule has 0 aromatic heterocycles. The second-order valence-corrected chi connectivity index (χ2v) is 6.55. The van der Waals surface area contributed by atoms with Crippen LogP contribution in [0.5, 0.6) is 11.5 Å². The normalized spacial score (nSPS) is 17.3. The molecule has 0 bridgehead atoms. The van der Waals surface area contributed by atoms with Crippen LogP contribution in [0.2, 0.25) is 0 Å². The third-order valence-corrected chi connectivity index (χ3v) is 4.97. The highest BCUT2D eigenvalue weighted by molar-refractivity contribution is 6.08. The number of urea groups is 1. The maximum Gasteiger partial charge on any atom is 0.326 e. The molecule has 0 saturated carbocycles. The number of amides is 3. The first kappa shape index (κ1) is 19.7. The highest BCUT2D eigenvalue weighted by Gasteiger charge is 2.49. The Morgan fingerprint density at radius 3 is 2.46 bits per heavy atom. The van der Waals surface area contributed by atoms with E-state index in [4.69, 9.17) is 14.2 Å². The lowest BCUT2D eigenvalue weighted by Gasteiger charge is -2.22. The molecular weight excluding hydrogens is 368 g/mol. The van der Waals surface area contributed by atoms with Crippen molar-refractivity contribution in [2.24, 2.45) is 0 Å². The van der Waals surface area contributed by atoms with Gasteiger partial charge in [-0.25, -0.2) is 4.79 Å². The van der Waals surface area contributed by atoms with E-state index in [0.717, 1.165) is 4.90 Å². The Morgan fingerprint density at radius 1 is 1.14 bits per heavy atom. The van der Waals surface area contributed by atoms with Crippen LogP contribution in [0.15, 0.2) is 18.2 Å². The van der Waals surface area contributed by atoms with Crippen molar-refractivity contribution in [3.8, 4) is 11.5 Å². The molecule has 2 aliphatic rings. The van der Waals surface area contributed by atoms with Crippen LogP contribution in [0.1, 0.15) is 37.0 Å². The Hall–Kier alpha value is -3.10. The first-order valence-electron chi connectivity index (χ1n) is 9.12. The van der Waals surface area contributed by atoms with Gasteiger partial charge in [0.25, 0.3) is 5.91 Å². The fourth-order valence-electron chi connectivity index (χ4n) is 3.17. The molecule has 1 aromatic carbocycles. The van der Waals surface area contributed by atoms with Gasteiger partial charge in [-0.15, -0.1) is 0 Å². The minimum atomic E-state index is -0.988. The summed E-state index contributed by atoms with van der Waals surface area (Å²) in [4.78, 5) is 49.7. The zero-order chi connectivity index (χ0) is 20.3. The minimum Gasteiger partial charge on any atom is -0.486 e. The van der Waals surface area contributed by atoms with Gasteiger partial charge in [-0.1, -0.05) is 13.8 Å². The SMILES string of the molecule is CCC1(CC)NC(=O)N(CC(=O)OCC(=O)c2ccc3c(c2)OCCO3)C1=O. The molecule has 0 unspecified atom stereocenters. The van der Waals surface area contributed by atoms with E-state index in [0.29, 0.717) is 43.1 Å². The van der Waals surface area contributed by atoms with E-state index >= 15 is 0 Å². The van der Waals surface area contributed by atoms with Crippen molar-refractivity contribution >= 4 is 23.7 Å². The van der Waals surface area contributed by atoms with Crippen molar-refractivity contribution in [3.63, 3.8) is 0 Å². The van der Waals surface area contributed by atoms with E-state index < -0.39 is 42.4 Å². The van der Waals surface area contributed by atoms with Crippen molar-refractivity contribution in [1.29, 1.82) is 0 Å². The van der Waals surface area contributed by atoms with Crippen LogP contribution in [-0.4, -0.2) is 60.5 Å². The van der Waals surface area contributed by atoms with E-state index in [-0.39, 0.29) is 0 Å². The summed E-state index contributed by atoms with van der Waals surface area (Å²) in [5, 5.41) is 2.63. The van der Waals surface area contributed by atoms with Gasteiger partial charge in [0.15, 0.2) is 23.9 Å². The molecule has 150 valence electrons. The number of ketones is 1. The van der Waals surface area contributed by atoms with Crippen LogP contribution in [0.3, 0.4) is 0 Å². The molecule has 9 heteroatoms. The lowest BCUT2D eigenvalue weighted by molar-refractivity contribution is -0.146. The minimum absolute atomic E-state index is 0.308. The van der Waals surface area contributed by atoms with E-state index in [2.05, 4.69) is 5.32 Å². The molecule has 1 N–H and O–H groups in total. The summed E-state index contributed by atoms with van der Waals surface area (Å²) in [6.07, 6.45) is 0.838. The Kier molecular flexibility index (Phi) is 5.53. The molecule has 2 heterocycles. The second-order valence-electron chi connectivity index (χ2n) is 6.55. The second kappa shape index (κ2) is 7.87. The van der Waals surface area contributed by atoms with Gasteiger partial charge in [-0.05, 0) is 31.0 Å². The van der Waals surface area contributed by atoms with Crippen LogP contribution in [0.4, 0.5) is 4.79 Å². The summed E-state index contributed by atoms with van der Waals surface area (Å²) in [6, 6.07) is 4.06. The monoisotopic (exact) mass is 390 g/mol. The maximum atomic E-state index is 12.5. The summed E-state index contributed by atoms with van der Waals surface area (Å²) < 4.78 is 15.8. The summed E-state index contributed by atoms with van der Waals surface area (Å²) in [5.41, 5.74) is -0.679. The van der Waals surface area contributed by atoms with Crippen molar-refractivity contribution in [1.82, 2.24) is 10.2 Å². The third-order valence-electron chi connectivity index (χ3n) is 4.97.